The first-order chi connectivity index (χ1) is 6.50. The Hall–Kier alpha value is -1.48. The van der Waals surface area contributed by atoms with Crippen LogP contribution in [-0.4, -0.2) is 16.2 Å². The molecule has 2 N–H and O–H groups in total. The second kappa shape index (κ2) is 4.15. The van der Waals surface area contributed by atoms with Crippen LogP contribution in [0.25, 0.3) is 6.08 Å². The predicted octanol–water partition coefficient (Wildman–Crippen LogP) is 2.45. The number of phenols is 1. The molecule has 0 saturated heterocycles. The van der Waals surface area contributed by atoms with Gasteiger partial charge in [-0.25, -0.2) is 4.79 Å². The molecule has 1 aromatic rings. The van der Waals surface area contributed by atoms with Crippen molar-refractivity contribution < 1.29 is 15.0 Å². The van der Waals surface area contributed by atoms with Crippen LogP contribution < -0.4 is 0 Å². The highest BCUT2D eigenvalue weighted by molar-refractivity contribution is 6.32. The molecule has 1 rings (SSSR count). The molecule has 0 heterocycles. The molecule has 0 unspecified atom stereocenters. The molecule has 0 aliphatic carbocycles. The topological polar surface area (TPSA) is 57.5 Å². The van der Waals surface area contributed by atoms with Crippen molar-refractivity contribution in [3.8, 4) is 5.75 Å². The van der Waals surface area contributed by atoms with E-state index in [0.717, 1.165) is 6.08 Å². The van der Waals surface area contributed by atoms with E-state index >= 15 is 0 Å². The highest BCUT2D eigenvalue weighted by Gasteiger charge is 2.03. The smallest absolute Gasteiger partial charge is 0.328 e. The molecule has 0 bridgehead atoms. The van der Waals surface area contributed by atoms with Gasteiger partial charge >= 0.3 is 5.97 Å². The van der Waals surface area contributed by atoms with Gasteiger partial charge in [0.15, 0.2) is 0 Å². The summed E-state index contributed by atoms with van der Waals surface area (Å²) in [6, 6.07) is 3.16. The van der Waals surface area contributed by atoms with E-state index in [1.54, 1.807) is 13.0 Å². The standard InChI is InChI=1S/C10H9ClO3/c1-6-4-7(2-3-9(12)13)5-8(11)10(6)14/h2-5,14H,1H3,(H,12,13). The highest BCUT2D eigenvalue weighted by atomic mass is 35.5. The van der Waals surface area contributed by atoms with Crippen molar-refractivity contribution in [2.45, 2.75) is 6.92 Å². The normalized spacial score (nSPS) is 10.7. The van der Waals surface area contributed by atoms with Crippen LogP contribution in [0.3, 0.4) is 0 Å². The molecule has 0 aliphatic rings. The molecule has 0 aromatic heterocycles. The van der Waals surface area contributed by atoms with E-state index in [0.29, 0.717) is 11.1 Å². The Labute approximate surface area is 86.3 Å². The van der Waals surface area contributed by atoms with Gasteiger partial charge in [-0.3, -0.25) is 0 Å². The van der Waals surface area contributed by atoms with Gasteiger partial charge in [-0.2, -0.15) is 0 Å². The number of carbonyl (C=O) groups is 1. The van der Waals surface area contributed by atoms with Gasteiger partial charge in [-0.05, 0) is 36.3 Å². The van der Waals surface area contributed by atoms with Gasteiger partial charge < -0.3 is 10.2 Å². The Bertz CT molecular complexity index is 373. The van der Waals surface area contributed by atoms with Crippen molar-refractivity contribution in [2.75, 3.05) is 0 Å². The van der Waals surface area contributed by atoms with Gasteiger partial charge in [0.2, 0.25) is 0 Å². The lowest BCUT2D eigenvalue weighted by Crippen LogP contribution is -1.86. The molecule has 0 amide bonds. The summed E-state index contributed by atoms with van der Waals surface area (Å²) in [6.45, 7) is 1.69. The maximum absolute atomic E-state index is 10.2. The predicted molar refractivity (Wildman–Crippen MR) is 54.5 cm³/mol. The van der Waals surface area contributed by atoms with Crippen molar-refractivity contribution >= 4 is 23.6 Å². The molecule has 0 atom stereocenters. The summed E-state index contributed by atoms with van der Waals surface area (Å²) >= 11 is 5.70. The molecule has 0 fully saturated rings. The Balaban J connectivity index is 3.07. The Morgan fingerprint density at radius 3 is 2.64 bits per heavy atom. The quantitative estimate of drug-likeness (QED) is 0.741. The third kappa shape index (κ3) is 2.50. The van der Waals surface area contributed by atoms with Crippen molar-refractivity contribution in [3.05, 3.63) is 34.4 Å². The largest absolute Gasteiger partial charge is 0.506 e. The van der Waals surface area contributed by atoms with Crippen LogP contribution in [0.2, 0.25) is 5.02 Å². The molecule has 3 nitrogen and oxygen atoms in total. The fourth-order valence-electron chi connectivity index (χ4n) is 1.03. The first-order valence-corrected chi connectivity index (χ1v) is 4.28. The molecule has 0 spiro atoms. The third-order valence-corrected chi connectivity index (χ3v) is 1.98. The van der Waals surface area contributed by atoms with Crippen LogP contribution in [0.5, 0.6) is 5.75 Å². The lowest BCUT2D eigenvalue weighted by Gasteiger charge is -2.02. The maximum Gasteiger partial charge on any atom is 0.328 e. The van der Waals surface area contributed by atoms with E-state index in [1.807, 2.05) is 0 Å². The molecule has 1 aromatic carbocycles. The van der Waals surface area contributed by atoms with E-state index < -0.39 is 5.97 Å². The molecule has 0 radical (unpaired) electrons. The Morgan fingerprint density at radius 2 is 2.14 bits per heavy atom. The first-order valence-electron chi connectivity index (χ1n) is 3.91. The number of hydrogen-bond acceptors (Lipinski definition) is 2. The molecular formula is C10H9ClO3. The van der Waals surface area contributed by atoms with E-state index in [4.69, 9.17) is 16.7 Å². The minimum atomic E-state index is -1.02. The van der Waals surface area contributed by atoms with Crippen molar-refractivity contribution in [1.82, 2.24) is 0 Å². The molecule has 0 saturated carbocycles. The lowest BCUT2D eigenvalue weighted by atomic mass is 10.1. The average Bonchev–Trinajstić information content (AvgIpc) is 2.10. The Morgan fingerprint density at radius 1 is 1.50 bits per heavy atom. The Kier molecular flexibility index (Phi) is 3.14. The van der Waals surface area contributed by atoms with Crippen molar-refractivity contribution in [3.63, 3.8) is 0 Å². The van der Waals surface area contributed by atoms with Crippen LogP contribution >= 0.6 is 11.6 Å². The zero-order chi connectivity index (χ0) is 10.7. The number of aliphatic carboxylic acids is 1. The number of carboxylic acids is 1. The first kappa shape index (κ1) is 10.6. The molecule has 74 valence electrons. The van der Waals surface area contributed by atoms with Crippen LogP contribution in [0, 0.1) is 6.92 Å². The highest BCUT2D eigenvalue weighted by Crippen LogP contribution is 2.28. The third-order valence-electron chi connectivity index (χ3n) is 1.69. The molecule has 0 aliphatic heterocycles. The number of aromatic hydroxyl groups is 1. The number of benzene rings is 1. The summed E-state index contributed by atoms with van der Waals surface area (Å²) in [5.41, 5.74) is 1.26. The summed E-state index contributed by atoms with van der Waals surface area (Å²) in [4.78, 5) is 10.2. The SMILES string of the molecule is Cc1cc(C=CC(=O)O)cc(Cl)c1O. The van der Waals surface area contributed by atoms with Gasteiger partial charge in [-0.15, -0.1) is 0 Å². The van der Waals surface area contributed by atoms with Gasteiger partial charge in [-0.1, -0.05) is 11.6 Å². The zero-order valence-corrected chi connectivity index (χ0v) is 8.25. The zero-order valence-electron chi connectivity index (χ0n) is 7.49. The summed E-state index contributed by atoms with van der Waals surface area (Å²) in [5.74, 6) is -0.994. The number of phenolic OH excluding ortho intramolecular Hbond substituents is 1. The van der Waals surface area contributed by atoms with Gasteiger partial charge in [0.05, 0.1) is 5.02 Å². The number of carboxylic acid groups (broad SMARTS) is 1. The van der Waals surface area contributed by atoms with Gasteiger partial charge in [0.25, 0.3) is 0 Å². The van der Waals surface area contributed by atoms with E-state index in [9.17, 15) is 9.90 Å². The van der Waals surface area contributed by atoms with Crippen LogP contribution in [0.4, 0.5) is 0 Å². The van der Waals surface area contributed by atoms with E-state index in [-0.39, 0.29) is 10.8 Å². The van der Waals surface area contributed by atoms with Gasteiger partial charge in [0, 0.05) is 6.08 Å². The molecular weight excluding hydrogens is 204 g/mol. The summed E-state index contributed by atoms with van der Waals surface area (Å²) < 4.78 is 0. The molecule has 4 heteroatoms. The monoisotopic (exact) mass is 212 g/mol. The van der Waals surface area contributed by atoms with E-state index in [2.05, 4.69) is 0 Å². The number of aryl methyl sites for hydroxylation is 1. The van der Waals surface area contributed by atoms with Crippen molar-refractivity contribution in [1.29, 1.82) is 0 Å². The lowest BCUT2D eigenvalue weighted by molar-refractivity contribution is -0.131. The van der Waals surface area contributed by atoms with Crippen LogP contribution in [-0.2, 0) is 4.79 Å². The number of halogens is 1. The summed E-state index contributed by atoms with van der Waals surface area (Å²) in [7, 11) is 0. The minimum Gasteiger partial charge on any atom is -0.506 e. The summed E-state index contributed by atoms with van der Waals surface area (Å²) in [6.07, 6.45) is 2.43. The van der Waals surface area contributed by atoms with Crippen LogP contribution in [0.15, 0.2) is 18.2 Å². The second-order valence-corrected chi connectivity index (χ2v) is 3.25. The summed E-state index contributed by atoms with van der Waals surface area (Å²) in [5, 5.41) is 18.0. The minimum absolute atomic E-state index is 0.0270. The van der Waals surface area contributed by atoms with E-state index in [1.165, 1.54) is 12.1 Å². The van der Waals surface area contributed by atoms with Crippen molar-refractivity contribution in [2.24, 2.45) is 0 Å². The number of hydrogen-bond donors (Lipinski definition) is 2. The average molecular weight is 213 g/mol. The van der Waals surface area contributed by atoms with Crippen LogP contribution in [0.1, 0.15) is 11.1 Å². The fraction of sp³-hybridized carbons (Fsp3) is 0.100. The second-order valence-electron chi connectivity index (χ2n) is 2.84. The molecule has 14 heavy (non-hydrogen) atoms. The van der Waals surface area contributed by atoms with Gasteiger partial charge in [0.1, 0.15) is 5.75 Å². The number of rotatable bonds is 2. The fourth-order valence-corrected chi connectivity index (χ4v) is 1.30. The maximum atomic E-state index is 10.2.